The van der Waals surface area contributed by atoms with Crippen LogP contribution >= 0.6 is 0 Å². The SMILES string of the molecule is C#CCCCCNCC=C(C)C(=O)O. The van der Waals surface area contributed by atoms with Gasteiger partial charge in [0.25, 0.3) is 0 Å². The van der Waals surface area contributed by atoms with Crippen molar-refractivity contribution in [2.24, 2.45) is 0 Å². The van der Waals surface area contributed by atoms with Crippen LogP contribution in [-0.2, 0) is 4.79 Å². The molecule has 0 spiro atoms. The number of hydrogen-bond acceptors (Lipinski definition) is 2. The first-order valence-corrected chi connectivity index (χ1v) is 4.72. The van der Waals surface area contributed by atoms with Gasteiger partial charge in [0.15, 0.2) is 0 Å². The second-order valence-electron chi connectivity index (χ2n) is 3.06. The summed E-state index contributed by atoms with van der Waals surface area (Å²) in [6, 6.07) is 0. The van der Waals surface area contributed by atoms with E-state index >= 15 is 0 Å². The highest BCUT2D eigenvalue weighted by molar-refractivity contribution is 5.85. The number of nitrogens with one attached hydrogen (secondary N) is 1. The van der Waals surface area contributed by atoms with E-state index in [0.29, 0.717) is 12.1 Å². The van der Waals surface area contributed by atoms with Crippen molar-refractivity contribution in [1.29, 1.82) is 0 Å². The van der Waals surface area contributed by atoms with Crippen LogP contribution in [0, 0.1) is 12.3 Å². The van der Waals surface area contributed by atoms with E-state index in [1.807, 2.05) is 0 Å². The van der Waals surface area contributed by atoms with E-state index in [2.05, 4.69) is 11.2 Å². The van der Waals surface area contributed by atoms with Gasteiger partial charge in [-0.15, -0.1) is 12.3 Å². The summed E-state index contributed by atoms with van der Waals surface area (Å²) in [4.78, 5) is 10.4. The average molecular weight is 195 g/mol. The van der Waals surface area contributed by atoms with Crippen molar-refractivity contribution in [3.05, 3.63) is 11.6 Å². The Bertz CT molecular complexity index is 238. The summed E-state index contributed by atoms with van der Waals surface area (Å²) < 4.78 is 0. The van der Waals surface area contributed by atoms with E-state index in [0.717, 1.165) is 25.8 Å². The van der Waals surface area contributed by atoms with Crippen LogP contribution < -0.4 is 5.32 Å². The zero-order valence-electron chi connectivity index (χ0n) is 8.55. The number of carboxylic acids is 1. The first-order chi connectivity index (χ1) is 6.68. The fourth-order valence-corrected chi connectivity index (χ4v) is 0.892. The molecule has 0 heterocycles. The predicted octanol–water partition coefficient (Wildman–Crippen LogP) is 1.41. The minimum atomic E-state index is -0.862. The van der Waals surface area contributed by atoms with Crippen LogP contribution in [0.2, 0.25) is 0 Å². The first-order valence-electron chi connectivity index (χ1n) is 4.72. The van der Waals surface area contributed by atoms with Gasteiger partial charge in [-0.25, -0.2) is 4.79 Å². The van der Waals surface area contributed by atoms with Crippen LogP contribution in [0.3, 0.4) is 0 Å². The molecule has 0 atom stereocenters. The first kappa shape index (κ1) is 12.7. The van der Waals surface area contributed by atoms with Crippen molar-refractivity contribution >= 4 is 5.97 Å². The molecule has 0 amide bonds. The van der Waals surface area contributed by atoms with E-state index in [1.54, 1.807) is 13.0 Å². The maximum absolute atomic E-state index is 10.4. The standard InChI is InChI=1S/C11H17NO2/c1-3-4-5-6-8-12-9-7-10(2)11(13)14/h1,7,12H,4-6,8-9H2,2H3,(H,13,14). The number of rotatable bonds is 7. The molecule has 0 radical (unpaired) electrons. The Kier molecular flexibility index (Phi) is 7.58. The summed E-state index contributed by atoms with van der Waals surface area (Å²) >= 11 is 0. The van der Waals surface area contributed by atoms with Crippen molar-refractivity contribution < 1.29 is 9.90 Å². The molecule has 0 aliphatic heterocycles. The zero-order valence-corrected chi connectivity index (χ0v) is 8.55. The highest BCUT2D eigenvalue weighted by Gasteiger charge is 1.96. The van der Waals surface area contributed by atoms with Gasteiger partial charge < -0.3 is 10.4 Å². The van der Waals surface area contributed by atoms with Crippen molar-refractivity contribution in [3.8, 4) is 12.3 Å². The van der Waals surface area contributed by atoms with Gasteiger partial charge in [-0.3, -0.25) is 0 Å². The number of carbonyl (C=O) groups is 1. The molecule has 0 saturated heterocycles. The molecule has 0 aromatic carbocycles. The van der Waals surface area contributed by atoms with Crippen LogP contribution in [0.4, 0.5) is 0 Å². The Morgan fingerprint density at radius 3 is 2.86 bits per heavy atom. The summed E-state index contributed by atoms with van der Waals surface area (Å²) in [5.74, 6) is 1.71. The molecule has 14 heavy (non-hydrogen) atoms. The highest BCUT2D eigenvalue weighted by Crippen LogP contribution is 1.92. The lowest BCUT2D eigenvalue weighted by Gasteiger charge is -2.00. The summed E-state index contributed by atoms with van der Waals surface area (Å²) in [5, 5.41) is 11.7. The third kappa shape index (κ3) is 7.38. The number of unbranched alkanes of at least 4 members (excludes halogenated alkanes) is 2. The van der Waals surface area contributed by atoms with Gasteiger partial charge in [-0.05, 0) is 26.3 Å². The average Bonchev–Trinajstić information content (AvgIpc) is 2.16. The molecule has 0 aliphatic carbocycles. The molecule has 0 aliphatic rings. The largest absolute Gasteiger partial charge is 0.478 e. The maximum atomic E-state index is 10.4. The molecule has 0 rings (SSSR count). The fraction of sp³-hybridized carbons (Fsp3) is 0.545. The Morgan fingerprint density at radius 2 is 2.29 bits per heavy atom. The molecule has 78 valence electrons. The Hall–Kier alpha value is -1.27. The monoisotopic (exact) mass is 195 g/mol. The summed E-state index contributed by atoms with van der Waals surface area (Å²) in [6.45, 7) is 3.07. The van der Waals surface area contributed by atoms with Crippen molar-refractivity contribution in [3.63, 3.8) is 0 Å². The lowest BCUT2D eigenvalue weighted by molar-refractivity contribution is -0.132. The van der Waals surface area contributed by atoms with Crippen LogP contribution in [0.25, 0.3) is 0 Å². The minimum absolute atomic E-state index is 0.376. The van der Waals surface area contributed by atoms with Crippen molar-refractivity contribution in [2.75, 3.05) is 13.1 Å². The third-order valence-electron chi connectivity index (χ3n) is 1.81. The van der Waals surface area contributed by atoms with Gasteiger partial charge in [0.1, 0.15) is 0 Å². The maximum Gasteiger partial charge on any atom is 0.330 e. The second kappa shape index (κ2) is 8.33. The predicted molar refractivity (Wildman–Crippen MR) is 56.9 cm³/mol. The molecule has 0 bridgehead atoms. The highest BCUT2D eigenvalue weighted by atomic mass is 16.4. The van der Waals surface area contributed by atoms with Gasteiger partial charge in [0, 0.05) is 18.5 Å². The summed E-state index contributed by atoms with van der Waals surface area (Å²) in [5.41, 5.74) is 0.376. The fourth-order valence-electron chi connectivity index (χ4n) is 0.892. The van der Waals surface area contributed by atoms with Gasteiger partial charge in [0.05, 0.1) is 0 Å². The molecule has 3 heteroatoms. The van der Waals surface area contributed by atoms with Crippen LogP contribution in [-0.4, -0.2) is 24.2 Å². The molecular weight excluding hydrogens is 178 g/mol. The molecule has 2 N–H and O–H groups in total. The molecule has 0 aromatic rings. The lowest BCUT2D eigenvalue weighted by Crippen LogP contribution is -2.15. The van der Waals surface area contributed by atoms with E-state index in [4.69, 9.17) is 11.5 Å². The van der Waals surface area contributed by atoms with E-state index in [-0.39, 0.29) is 0 Å². The summed E-state index contributed by atoms with van der Waals surface area (Å²) in [6.07, 6.45) is 9.63. The smallest absolute Gasteiger partial charge is 0.330 e. The van der Waals surface area contributed by atoms with Gasteiger partial charge in [-0.1, -0.05) is 6.08 Å². The van der Waals surface area contributed by atoms with Gasteiger partial charge in [-0.2, -0.15) is 0 Å². The van der Waals surface area contributed by atoms with E-state index in [1.165, 1.54) is 0 Å². The van der Waals surface area contributed by atoms with Gasteiger partial charge >= 0.3 is 5.97 Å². The van der Waals surface area contributed by atoms with Gasteiger partial charge in [0.2, 0.25) is 0 Å². The van der Waals surface area contributed by atoms with Crippen molar-refractivity contribution in [1.82, 2.24) is 5.32 Å². The normalized spacial score (nSPS) is 11.0. The van der Waals surface area contributed by atoms with Crippen molar-refractivity contribution in [2.45, 2.75) is 26.2 Å². The quantitative estimate of drug-likeness (QED) is 0.367. The van der Waals surface area contributed by atoms with E-state index < -0.39 is 5.97 Å². The second-order valence-corrected chi connectivity index (χ2v) is 3.06. The van der Waals surface area contributed by atoms with Crippen LogP contribution in [0.5, 0.6) is 0 Å². The van der Waals surface area contributed by atoms with Crippen LogP contribution in [0.15, 0.2) is 11.6 Å². The molecule has 0 saturated carbocycles. The zero-order chi connectivity index (χ0) is 10.8. The molecule has 0 unspecified atom stereocenters. The minimum Gasteiger partial charge on any atom is -0.478 e. The lowest BCUT2D eigenvalue weighted by atomic mass is 10.2. The number of carboxylic acid groups (broad SMARTS) is 1. The third-order valence-corrected chi connectivity index (χ3v) is 1.81. The Morgan fingerprint density at radius 1 is 1.57 bits per heavy atom. The molecule has 3 nitrogen and oxygen atoms in total. The molecule has 0 aromatic heterocycles. The van der Waals surface area contributed by atoms with E-state index in [9.17, 15) is 4.79 Å². The Labute approximate surface area is 85.2 Å². The Balaban J connectivity index is 3.34. The van der Waals surface area contributed by atoms with Crippen LogP contribution in [0.1, 0.15) is 26.2 Å². The number of aliphatic carboxylic acids is 1. The topological polar surface area (TPSA) is 49.3 Å². The summed E-state index contributed by atoms with van der Waals surface area (Å²) in [7, 11) is 0. The number of terminal acetylenes is 1. The molecule has 0 fully saturated rings. The molecular formula is C11H17NO2. The number of hydrogen-bond donors (Lipinski definition) is 2.